The van der Waals surface area contributed by atoms with Crippen LogP contribution in [0.5, 0.6) is 6.01 Å². The lowest BCUT2D eigenvalue weighted by molar-refractivity contribution is 0.102. The molecule has 0 aromatic carbocycles. The summed E-state index contributed by atoms with van der Waals surface area (Å²) in [4.78, 5) is 28.6. The molecule has 5 heterocycles. The first-order valence-corrected chi connectivity index (χ1v) is 9.95. The standard InChI is InChI=1S/C21H21N7O3/c1-30-21-22-4-2-16(26-21)18-6-14-8-23-19(7-17(14)25-18)27-20(29)15-9-24-28(11-15)10-13-3-5-31-12-13/h2,4,6-9,11,13,25H,3,5,10,12H2,1H3,(H,23,27,29)/t13-/m1/s1. The number of aromatic nitrogens is 6. The normalized spacial score (nSPS) is 16.0. The van der Waals surface area contributed by atoms with Crippen LogP contribution in [-0.4, -0.2) is 55.9 Å². The van der Waals surface area contributed by atoms with Crippen LogP contribution in [0.4, 0.5) is 5.82 Å². The second-order valence-corrected chi connectivity index (χ2v) is 7.40. The largest absolute Gasteiger partial charge is 0.467 e. The van der Waals surface area contributed by atoms with Crippen LogP contribution < -0.4 is 10.1 Å². The zero-order valence-corrected chi connectivity index (χ0v) is 16.9. The Morgan fingerprint density at radius 2 is 2.29 bits per heavy atom. The highest BCUT2D eigenvalue weighted by Gasteiger charge is 2.18. The van der Waals surface area contributed by atoms with E-state index in [9.17, 15) is 4.79 Å². The van der Waals surface area contributed by atoms with Crippen LogP contribution >= 0.6 is 0 Å². The average molecular weight is 419 g/mol. The topological polar surface area (TPSA) is 120 Å². The number of carbonyl (C=O) groups is 1. The predicted molar refractivity (Wildman–Crippen MR) is 113 cm³/mol. The highest BCUT2D eigenvalue weighted by molar-refractivity contribution is 6.04. The van der Waals surface area contributed by atoms with Crippen LogP contribution in [0.1, 0.15) is 16.8 Å². The van der Waals surface area contributed by atoms with Crippen molar-refractivity contribution in [1.82, 2.24) is 29.7 Å². The molecule has 4 aromatic heterocycles. The third-order valence-corrected chi connectivity index (χ3v) is 5.20. The zero-order valence-electron chi connectivity index (χ0n) is 16.9. The maximum atomic E-state index is 12.6. The minimum Gasteiger partial charge on any atom is -0.467 e. The number of nitrogens with one attached hydrogen (secondary N) is 2. The molecule has 1 amide bonds. The number of carbonyl (C=O) groups excluding carboxylic acids is 1. The molecule has 1 atom stereocenters. The molecule has 4 aromatic rings. The van der Waals surface area contributed by atoms with Gasteiger partial charge in [-0.2, -0.15) is 10.1 Å². The van der Waals surface area contributed by atoms with Gasteiger partial charge < -0.3 is 19.8 Å². The van der Waals surface area contributed by atoms with Gasteiger partial charge in [0.05, 0.1) is 42.4 Å². The molecule has 0 bridgehead atoms. The quantitative estimate of drug-likeness (QED) is 0.493. The van der Waals surface area contributed by atoms with E-state index in [4.69, 9.17) is 9.47 Å². The molecule has 5 rings (SSSR count). The van der Waals surface area contributed by atoms with Crippen LogP contribution in [0.2, 0.25) is 0 Å². The fourth-order valence-electron chi connectivity index (χ4n) is 3.58. The second-order valence-electron chi connectivity index (χ2n) is 7.40. The molecule has 31 heavy (non-hydrogen) atoms. The van der Waals surface area contributed by atoms with Gasteiger partial charge in [-0.1, -0.05) is 0 Å². The van der Waals surface area contributed by atoms with E-state index in [2.05, 4.69) is 30.4 Å². The first-order chi connectivity index (χ1) is 15.2. The lowest BCUT2D eigenvalue weighted by atomic mass is 10.1. The molecule has 0 radical (unpaired) electrons. The Balaban J connectivity index is 1.31. The maximum Gasteiger partial charge on any atom is 0.316 e. The number of nitrogens with zero attached hydrogens (tertiary/aromatic N) is 5. The van der Waals surface area contributed by atoms with Gasteiger partial charge in [-0.25, -0.2) is 9.97 Å². The number of anilines is 1. The molecule has 0 unspecified atom stereocenters. The maximum absolute atomic E-state index is 12.6. The van der Waals surface area contributed by atoms with Gasteiger partial charge >= 0.3 is 6.01 Å². The van der Waals surface area contributed by atoms with Crippen molar-refractivity contribution in [1.29, 1.82) is 0 Å². The first kappa shape index (κ1) is 19.2. The van der Waals surface area contributed by atoms with Gasteiger partial charge in [0.25, 0.3) is 5.91 Å². The highest BCUT2D eigenvalue weighted by atomic mass is 16.5. The molecular weight excluding hydrogens is 398 g/mol. The molecule has 158 valence electrons. The Morgan fingerprint density at radius 3 is 3.13 bits per heavy atom. The van der Waals surface area contributed by atoms with E-state index in [1.165, 1.54) is 7.11 Å². The molecule has 10 heteroatoms. The molecule has 2 N–H and O–H groups in total. The van der Waals surface area contributed by atoms with E-state index in [0.29, 0.717) is 29.0 Å². The van der Waals surface area contributed by atoms with E-state index in [1.54, 1.807) is 41.6 Å². The monoisotopic (exact) mass is 419 g/mol. The number of rotatable bonds is 6. The summed E-state index contributed by atoms with van der Waals surface area (Å²) in [6.45, 7) is 2.28. The summed E-state index contributed by atoms with van der Waals surface area (Å²) in [5.74, 6) is 0.632. The third kappa shape index (κ3) is 4.10. The molecule has 0 aliphatic carbocycles. The van der Waals surface area contributed by atoms with Gasteiger partial charge in [-0.15, -0.1) is 0 Å². The van der Waals surface area contributed by atoms with E-state index < -0.39 is 0 Å². The summed E-state index contributed by atoms with van der Waals surface area (Å²) >= 11 is 0. The number of hydrogen-bond acceptors (Lipinski definition) is 7. The smallest absolute Gasteiger partial charge is 0.316 e. The second kappa shape index (κ2) is 8.15. The summed E-state index contributed by atoms with van der Waals surface area (Å²) in [7, 11) is 1.52. The summed E-state index contributed by atoms with van der Waals surface area (Å²) in [5.41, 5.74) is 2.82. The number of fused-ring (bicyclic) bond motifs is 1. The van der Waals surface area contributed by atoms with Crippen LogP contribution in [0, 0.1) is 5.92 Å². The highest BCUT2D eigenvalue weighted by Crippen LogP contribution is 2.24. The predicted octanol–water partition coefficient (Wildman–Crippen LogP) is 2.51. The molecule has 1 aliphatic heterocycles. The Labute approximate surface area is 177 Å². The molecular formula is C21H21N7O3. The minimum absolute atomic E-state index is 0.256. The Hall–Kier alpha value is -3.79. The zero-order chi connectivity index (χ0) is 21.2. The number of hydrogen-bond donors (Lipinski definition) is 2. The van der Waals surface area contributed by atoms with Gasteiger partial charge in [0, 0.05) is 49.1 Å². The number of aromatic amines is 1. The lowest BCUT2D eigenvalue weighted by Crippen LogP contribution is -2.13. The van der Waals surface area contributed by atoms with Gasteiger partial charge in [-0.3, -0.25) is 9.48 Å². The van der Waals surface area contributed by atoms with Gasteiger partial charge in [0.2, 0.25) is 0 Å². The summed E-state index contributed by atoms with van der Waals surface area (Å²) in [5, 5.41) is 8.03. The summed E-state index contributed by atoms with van der Waals surface area (Å²) in [6, 6.07) is 5.81. The van der Waals surface area contributed by atoms with Crippen molar-refractivity contribution in [3.63, 3.8) is 0 Å². The third-order valence-electron chi connectivity index (χ3n) is 5.20. The molecule has 0 saturated carbocycles. The molecule has 1 aliphatic rings. The van der Waals surface area contributed by atoms with Crippen molar-refractivity contribution in [2.45, 2.75) is 13.0 Å². The molecule has 0 spiro atoms. The van der Waals surface area contributed by atoms with E-state index in [1.807, 2.05) is 6.07 Å². The summed E-state index contributed by atoms with van der Waals surface area (Å²) in [6.07, 6.45) is 7.68. The van der Waals surface area contributed by atoms with E-state index >= 15 is 0 Å². The number of ether oxygens (including phenoxy) is 2. The van der Waals surface area contributed by atoms with Crippen molar-refractivity contribution in [2.75, 3.05) is 25.6 Å². The van der Waals surface area contributed by atoms with Gasteiger partial charge in [0.1, 0.15) is 5.82 Å². The van der Waals surface area contributed by atoms with Crippen molar-refractivity contribution in [3.05, 3.63) is 48.5 Å². The van der Waals surface area contributed by atoms with E-state index in [-0.39, 0.29) is 5.91 Å². The Morgan fingerprint density at radius 1 is 1.35 bits per heavy atom. The van der Waals surface area contributed by atoms with Crippen LogP contribution in [-0.2, 0) is 11.3 Å². The van der Waals surface area contributed by atoms with Crippen molar-refractivity contribution in [3.8, 4) is 17.4 Å². The SMILES string of the molecule is COc1nccc(-c2cc3cnc(NC(=O)c4cnn(C[C@H]5CCOC5)c4)cc3[nH]2)n1. The van der Waals surface area contributed by atoms with Crippen LogP contribution in [0.15, 0.2) is 43.0 Å². The first-order valence-electron chi connectivity index (χ1n) is 9.95. The van der Waals surface area contributed by atoms with Gasteiger partial charge in [0.15, 0.2) is 0 Å². The number of pyridine rings is 1. The molecule has 1 fully saturated rings. The number of methoxy groups -OCH3 is 1. The fourth-order valence-corrected chi connectivity index (χ4v) is 3.58. The van der Waals surface area contributed by atoms with Crippen molar-refractivity contribution < 1.29 is 14.3 Å². The Bertz CT molecular complexity index is 1230. The summed E-state index contributed by atoms with van der Waals surface area (Å²) < 4.78 is 12.3. The van der Waals surface area contributed by atoms with E-state index in [0.717, 1.165) is 42.8 Å². The molecule has 1 saturated heterocycles. The van der Waals surface area contributed by atoms with Crippen molar-refractivity contribution >= 4 is 22.6 Å². The number of H-pyrrole nitrogens is 1. The lowest BCUT2D eigenvalue weighted by Gasteiger charge is -2.06. The van der Waals surface area contributed by atoms with Gasteiger partial charge in [-0.05, 0) is 18.6 Å². The average Bonchev–Trinajstić information content (AvgIpc) is 3.55. The minimum atomic E-state index is -0.256. The van der Waals surface area contributed by atoms with Crippen LogP contribution in [0.25, 0.3) is 22.3 Å². The fraction of sp³-hybridized carbons (Fsp3) is 0.286. The van der Waals surface area contributed by atoms with Crippen molar-refractivity contribution in [2.24, 2.45) is 5.92 Å². The molecule has 10 nitrogen and oxygen atoms in total. The Kier molecular flexibility index (Phi) is 5.04. The van der Waals surface area contributed by atoms with Crippen LogP contribution in [0.3, 0.4) is 0 Å². The number of amides is 1.